The van der Waals surface area contributed by atoms with Crippen LogP contribution in [0.4, 0.5) is 10.1 Å². The number of anilines is 1. The molecular weight excluding hydrogens is 289 g/mol. The van der Waals surface area contributed by atoms with Crippen LogP contribution in [-0.2, 0) is 9.59 Å². The summed E-state index contributed by atoms with van der Waals surface area (Å²) in [6.07, 6.45) is 0. The number of carboxylic acid groups (broad SMARTS) is 2. The topological polar surface area (TPSA) is 77.8 Å². The molecule has 0 aromatic heterocycles. The highest BCUT2D eigenvalue weighted by Crippen LogP contribution is 2.25. The van der Waals surface area contributed by atoms with Crippen molar-refractivity contribution in [2.24, 2.45) is 5.92 Å². The van der Waals surface area contributed by atoms with Crippen LogP contribution < -0.4 is 4.90 Å². The zero-order valence-electron chi connectivity index (χ0n) is 11.0. The molecule has 7 heteroatoms. The maximum Gasteiger partial charge on any atom is 0.326 e. The van der Waals surface area contributed by atoms with Crippen molar-refractivity contribution in [3.63, 3.8) is 0 Å². The van der Waals surface area contributed by atoms with Crippen molar-refractivity contribution in [2.75, 3.05) is 11.4 Å². The minimum absolute atomic E-state index is 0.0231. The van der Waals surface area contributed by atoms with Gasteiger partial charge in [-0.25, -0.2) is 9.18 Å². The van der Waals surface area contributed by atoms with E-state index in [1.807, 2.05) is 0 Å². The van der Waals surface area contributed by atoms with E-state index < -0.39 is 29.7 Å². The highest BCUT2D eigenvalue weighted by molar-refractivity contribution is 6.31. The summed E-state index contributed by atoms with van der Waals surface area (Å²) in [5.74, 6) is -3.55. The summed E-state index contributed by atoms with van der Waals surface area (Å²) in [6, 6.07) is 2.81. The lowest BCUT2D eigenvalue weighted by molar-refractivity contribution is -0.142. The largest absolute Gasteiger partial charge is 0.481 e. The summed E-state index contributed by atoms with van der Waals surface area (Å²) < 4.78 is 13.2. The standard InChI is InChI=1S/C13H15ClFNO4/c1-7(12(17)18)6-16(8(2)13(19)20)9-3-4-11(15)10(14)5-9/h3-5,7-8H,6H2,1-2H3,(H,17,18)(H,19,20). The SMILES string of the molecule is CC(CN(c1ccc(F)c(Cl)c1)C(C)C(=O)O)C(=O)O. The molecule has 1 rings (SSSR count). The first-order valence-electron chi connectivity index (χ1n) is 5.91. The Kier molecular flexibility index (Phi) is 5.33. The van der Waals surface area contributed by atoms with E-state index in [2.05, 4.69) is 0 Å². The van der Waals surface area contributed by atoms with Gasteiger partial charge in [0.25, 0.3) is 0 Å². The quantitative estimate of drug-likeness (QED) is 0.844. The van der Waals surface area contributed by atoms with Crippen LogP contribution in [0.5, 0.6) is 0 Å². The Hall–Kier alpha value is -1.82. The normalized spacial score (nSPS) is 13.6. The number of nitrogens with zero attached hydrogens (tertiary/aromatic N) is 1. The first-order valence-corrected chi connectivity index (χ1v) is 6.29. The summed E-state index contributed by atoms with van der Waals surface area (Å²) >= 11 is 5.68. The van der Waals surface area contributed by atoms with Crippen molar-refractivity contribution in [2.45, 2.75) is 19.9 Å². The lowest BCUT2D eigenvalue weighted by Gasteiger charge is -2.30. The van der Waals surface area contributed by atoms with Gasteiger partial charge in [-0.3, -0.25) is 4.79 Å². The predicted molar refractivity (Wildman–Crippen MR) is 72.7 cm³/mol. The molecule has 2 unspecified atom stereocenters. The number of halogens is 2. The number of carbonyl (C=O) groups is 2. The van der Waals surface area contributed by atoms with Gasteiger partial charge < -0.3 is 15.1 Å². The number of carboxylic acids is 2. The second-order valence-electron chi connectivity index (χ2n) is 4.50. The predicted octanol–water partition coefficient (Wildman–Crippen LogP) is 2.48. The molecule has 0 saturated carbocycles. The smallest absolute Gasteiger partial charge is 0.326 e. The summed E-state index contributed by atoms with van der Waals surface area (Å²) in [5.41, 5.74) is 0.361. The zero-order chi connectivity index (χ0) is 15.4. The Morgan fingerprint density at radius 3 is 2.35 bits per heavy atom. The van der Waals surface area contributed by atoms with E-state index >= 15 is 0 Å². The fourth-order valence-corrected chi connectivity index (χ4v) is 1.83. The van der Waals surface area contributed by atoms with Gasteiger partial charge in [-0.2, -0.15) is 0 Å². The molecule has 0 bridgehead atoms. The van der Waals surface area contributed by atoms with Crippen LogP contribution in [0.2, 0.25) is 5.02 Å². The van der Waals surface area contributed by atoms with Crippen molar-refractivity contribution in [1.82, 2.24) is 0 Å². The van der Waals surface area contributed by atoms with Crippen molar-refractivity contribution >= 4 is 29.2 Å². The molecule has 1 aromatic carbocycles. The van der Waals surface area contributed by atoms with Crippen molar-refractivity contribution in [1.29, 1.82) is 0 Å². The minimum Gasteiger partial charge on any atom is -0.481 e. The van der Waals surface area contributed by atoms with Gasteiger partial charge >= 0.3 is 11.9 Å². The number of benzene rings is 1. The van der Waals surface area contributed by atoms with E-state index in [0.29, 0.717) is 5.69 Å². The molecule has 0 aliphatic carbocycles. The highest BCUT2D eigenvalue weighted by atomic mass is 35.5. The van der Waals surface area contributed by atoms with Crippen molar-refractivity contribution in [3.05, 3.63) is 29.0 Å². The monoisotopic (exact) mass is 303 g/mol. The molecule has 2 atom stereocenters. The molecule has 1 aromatic rings. The molecule has 0 spiro atoms. The molecule has 0 fully saturated rings. The highest BCUT2D eigenvalue weighted by Gasteiger charge is 2.25. The second kappa shape index (κ2) is 6.56. The molecule has 0 aliphatic rings. The Bertz CT molecular complexity index is 523. The third-order valence-electron chi connectivity index (χ3n) is 2.95. The third kappa shape index (κ3) is 3.84. The van der Waals surface area contributed by atoms with Crippen molar-refractivity contribution in [3.8, 4) is 0 Å². The molecule has 0 aliphatic heterocycles. The van der Waals surface area contributed by atoms with Crippen LogP contribution >= 0.6 is 11.6 Å². The van der Waals surface area contributed by atoms with E-state index in [0.717, 1.165) is 6.07 Å². The van der Waals surface area contributed by atoms with Crippen LogP contribution in [0.3, 0.4) is 0 Å². The van der Waals surface area contributed by atoms with Crippen LogP contribution in [0.15, 0.2) is 18.2 Å². The fraction of sp³-hybridized carbons (Fsp3) is 0.385. The molecule has 0 heterocycles. The third-order valence-corrected chi connectivity index (χ3v) is 3.24. The number of hydrogen-bond donors (Lipinski definition) is 2. The van der Waals surface area contributed by atoms with Crippen molar-refractivity contribution < 1.29 is 24.2 Å². The number of hydrogen-bond acceptors (Lipinski definition) is 3. The molecule has 20 heavy (non-hydrogen) atoms. The van der Waals surface area contributed by atoms with Gasteiger partial charge in [-0.15, -0.1) is 0 Å². The number of aliphatic carboxylic acids is 2. The maximum absolute atomic E-state index is 13.2. The van der Waals surface area contributed by atoms with E-state index in [1.54, 1.807) is 0 Å². The van der Waals surface area contributed by atoms with Gasteiger partial charge in [0, 0.05) is 12.2 Å². The molecule has 5 nitrogen and oxygen atoms in total. The van der Waals surface area contributed by atoms with Gasteiger partial charge in [0.2, 0.25) is 0 Å². The van der Waals surface area contributed by atoms with E-state index in [9.17, 15) is 14.0 Å². The first kappa shape index (κ1) is 16.2. The van der Waals surface area contributed by atoms with Gasteiger partial charge in [-0.1, -0.05) is 18.5 Å². The van der Waals surface area contributed by atoms with Gasteiger partial charge in [-0.05, 0) is 25.1 Å². The van der Waals surface area contributed by atoms with Gasteiger partial charge in [0.15, 0.2) is 0 Å². The lowest BCUT2D eigenvalue weighted by atomic mass is 10.1. The van der Waals surface area contributed by atoms with Crippen LogP contribution in [0.25, 0.3) is 0 Å². The van der Waals surface area contributed by atoms with Crippen LogP contribution in [0.1, 0.15) is 13.8 Å². The Morgan fingerprint density at radius 1 is 1.30 bits per heavy atom. The van der Waals surface area contributed by atoms with Crippen LogP contribution in [-0.4, -0.2) is 34.7 Å². The first-order chi connectivity index (χ1) is 9.23. The molecule has 0 radical (unpaired) electrons. The second-order valence-corrected chi connectivity index (χ2v) is 4.91. The molecular formula is C13H15ClFNO4. The van der Waals surface area contributed by atoms with E-state index in [1.165, 1.54) is 30.9 Å². The fourth-order valence-electron chi connectivity index (χ4n) is 1.66. The summed E-state index contributed by atoms with van der Waals surface area (Å²) in [4.78, 5) is 23.4. The van der Waals surface area contributed by atoms with E-state index in [-0.39, 0.29) is 11.6 Å². The van der Waals surface area contributed by atoms with Gasteiger partial charge in [0.1, 0.15) is 11.9 Å². The lowest BCUT2D eigenvalue weighted by Crippen LogP contribution is -2.43. The number of rotatable bonds is 6. The summed E-state index contributed by atoms with van der Waals surface area (Å²) in [6.45, 7) is 2.87. The maximum atomic E-state index is 13.2. The Balaban J connectivity index is 3.12. The Labute approximate surface area is 120 Å². The summed E-state index contributed by atoms with van der Waals surface area (Å²) in [7, 11) is 0. The summed E-state index contributed by atoms with van der Waals surface area (Å²) in [5, 5.41) is 17.9. The zero-order valence-corrected chi connectivity index (χ0v) is 11.8. The average molecular weight is 304 g/mol. The average Bonchev–Trinajstić information content (AvgIpc) is 2.38. The van der Waals surface area contributed by atoms with E-state index in [4.69, 9.17) is 21.8 Å². The Morgan fingerprint density at radius 2 is 1.90 bits per heavy atom. The molecule has 110 valence electrons. The molecule has 2 N–H and O–H groups in total. The molecule has 0 saturated heterocycles. The van der Waals surface area contributed by atoms with Gasteiger partial charge in [0.05, 0.1) is 10.9 Å². The van der Waals surface area contributed by atoms with Crippen LogP contribution in [0, 0.1) is 11.7 Å². The minimum atomic E-state index is -1.11. The molecule has 0 amide bonds.